The first-order chi connectivity index (χ1) is 13.6. The molecule has 1 saturated carbocycles. The smallest absolute Gasteiger partial charge is 0.411 e. The molecule has 2 amide bonds. The molecule has 2 saturated heterocycles. The highest BCUT2D eigenvalue weighted by atomic mass is 16.6. The van der Waals surface area contributed by atoms with E-state index in [1.807, 2.05) is 42.2 Å². The van der Waals surface area contributed by atoms with Gasteiger partial charge in [0.05, 0.1) is 0 Å². The van der Waals surface area contributed by atoms with Gasteiger partial charge < -0.3 is 9.64 Å². The molecule has 2 atom stereocenters. The van der Waals surface area contributed by atoms with Crippen LogP contribution in [-0.4, -0.2) is 71.0 Å². The highest BCUT2D eigenvalue weighted by Gasteiger charge is 2.42. The molecule has 0 aromatic heterocycles. The van der Waals surface area contributed by atoms with Crippen LogP contribution in [-0.2, 0) is 16.1 Å². The van der Waals surface area contributed by atoms with Crippen LogP contribution in [0, 0.1) is 0 Å². The van der Waals surface area contributed by atoms with Crippen molar-refractivity contribution < 1.29 is 14.3 Å². The third-order valence-electron chi connectivity index (χ3n) is 6.59. The van der Waals surface area contributed by atoms with Crippen LogP contribution in [0.5, 0.6) is 0 Å². The van der Waals surface area contributed by atoms with Crippen molar-refractivity contribution >= 4 is 12.0 Å². The van der Waals surface area contributed by atoms with Gasteiger partial charge in [0, 0.05) is 38.3 Å². The Morgan fingerprint density at radius 3 is 2.36 bits per heavy atom. The summed E-state index contributed by atoms with van der Waals surface area (Å²) in [7, 11) is 0. The molecule has 4 rings (SSSR count). The molecule has 0 radical (unpaired) electrons. The number of hydrogen-bond donors (Lipinski definition) is 0. The molecule has 0 N–H and O–H groups in total. The first-order valence-corrected chi connectivity index (χ1v) is 10.7. The zero-order valence-electron chi connectivity index (χ0n) is 16.8. The molecule has 0 spiro atoms. The average Bonchev–Trinajstić information content (AvgIpc) is 3.07. The van der Waals surface area contributed by atoms with Crippen LogP contribution in [0.15, 0.2) is 30.3 Å². The summed E-state index contributed by atoms with van der Waals surface area (Å²) in [6.45, 7) is 5.70. The van der Waals surface area contributed by atoms with E-state index in [4.69, 9.17) is 4.74 Å². The molecule has 6 nitrogen and oxygen atoms in total. The topological polar surface area (TPSA) is 53.1 Å². The molecule has 0 bridgehead atoms. The molecule has 1 aliphatic carbocycles. The lowest BCUT2D eigenvalue weighted by Crippen LogP contribution is -2.57. The SMILES string of the molecule is CC1CC[C@@H](C(=O)N2CCN(C3CCC3)CC2)N1C(=O)OCc1ccccc1. The predicted molar refractivity (Wildman–Crippen MR) is 107 cm³/mol. The third-order valence-corrected chi connectivity index (χ3v) is 6.59. The first kappa shape index (κ1) is 19.2. The Hall–Kier alpha value is -2.08. The normalized spacial score (nSPS) is 26.2. The van der Waals surface area contributed by atoms with E-state index in [2.05, 4.69) is 4.90 Å². The Bertz CT molecular complexity index is 684. The lowest BCUT2D eigenvalue weighted by atomic mass is 9.91. The average molecular weight is 386 g/mol. The van der Waals surface area contributed by atoms with Gasteiger partial charge in [-0.15, -0.1) is 0 Å². The minimum Gasteiger partial charge on any atom is -0.445 e. The quantitative estimate of drug-likeness (QED) is 0.800. The number of benzene rings is 1. The van der Waals surface area contributed by atoms with Crippen LogP contribution in [0.3, 0.4) is 0 Å². The fraction of sp³-hybridized carbons (Fsp3) is 0.636. The number of nitrogens with zero attached hydrogens (tertiary/aromatic N) is 3. The summed E-state index contributed by atoms with van der Waals surface area (Å²) in [5.74, 6) is 0.0919. The molecule has 1 unspecified atom stereocenters. The van der Waals surface area contributed by atoms with Crippen LogP contribution < -0.4 is 0 Å². The largest absolute Gasteiger partial charge is 0.445 e. The summed E-state index contributed by atoms with van der Waals surface area (Å²) in [6.07, 6.45) is 5.14. The number of carbonyl (C=O) groups excluding carboxylic acids is 2. The highest BCUT2D eigenvalue weighted by molar-refractivity contribution is 5.86. The number of amides is 2. The van der Waals surface area contributed by atoms with E-state index < -0.39 is 0 Å². The second-order valence-electron chi connectivity index (χ2n) is 8.34. The number of hydrogen-bond acceptors (Lipinski definition) is 4. The molecule has 2 aliphatic heterocycles. The fourth-order valence-corrected chi connectivity index (χ4v) is 4.60. The summed E-state index contributed by atoms with van der Waals surface area (Å²) in [5.41, 5.74) is 0.956. The van der Waals surface area contributed by atoms with Crippen LogP contribution in [0.25, 0.3) is 0 Å². The van der Waals surface area contributed by atoms with E-state index in [1.54, 1.807) is 4.90 Å². The molecule has 3 aliphatic rings. The van der Waals surface area contributed by atoms with Gasteiger partial charge in [0.2, 0.25) is 5.91 Å². The molecule has 1 aromatic rings. The number of rotatable bonds is 4. The van der Waals surface area contributed by atoms with Gasteiger partial charge in [0.25, 0.3) is 0 Å². The number of carbonyl (C=O) groups is 2. The van der Waals surface area contributed by atoms with Gasteiger partial charge in [-0.3, -0.25) is 14.6 Å². The molecule has 3 fully saturated rings. The monoisotopic (exact) mass is 385 g/mol. The van der Waals surface area contributed by atoms with E-state index in [0.717, 1.165) is 50.6 Å². The van der Waals surface area contributed by atoms with Crippen molar-refractivity contribution in [3.8, 4) is 0 Å². The minimum absolute atomic E-state index is 0.0356. The summed E-state index contributed by atoms with van der Waals surface area (Å²) in [5, 5.41) is 0. The Labute approximate surface area is 167 Å². The number of likely N-dealkylation sites (tertiary alicyclic amines) is 1. The van der Waals surface area contributed by atoms with Crippen LogP contribution in [0.2, 0.25) is 0 Å². The van der Waals surface area contributed by atoms with Gasteiger partial charge in [-0.1, -0.05) is 36.8 Å². The van der Waals surface area contributed by atoms with Crippen molar-refractivity contribution in [1.82, 2.24) is 14.7 Å². The van der Waals surface area contributed by atoms with Gasteiger partial charge in [-0.25, -0.2) is 4.79 Å². The number of ether oxygens (including phenoxy) is 1. The van der Waals surface area contributed by atoms with E-state index in [1.165, 1.54) is 19.3 Å². The van der Waals surface area contributed by atoms with Crippen molar-refractivity contribution in [2.24, 2.45) is 0 Å². The highest BCUT2D eigenvalue weighted by Crippen LogP contribution is 2.29. The van der Waals surface area contributed by atoms with Crippen molar-refractivity contribution in [3.05, 3.63) is 35.9 Å². The van der Waals surface area contributed by atoms with Gasteiger partial charge in [-0.05, 0) is 38.2 Å². The maximum absolute atomic E-state index is 13.2. The Morgan fingerprint density at radius 2 is 1.71 bits per heavy atom. The summed E-state index contributed by atoms with van der Waals surface area (Å²) in [6, 6.07) is 10.0. The van der Waals surface area contributed by atoms with Gasteiger partial charge in [0.15, 0.2) is 0 Å². The van der Waals surface area contributed by atoms with Gasteiger partial charge in [-0.2, -0.15) is 0 Å². The van der Waals surface area contributed by atoms with Gasteiger partial charge >= 0.3 is 6.09 Å². The molecule has 1 aromatic carbocycles. The van der Waals surface area contributed by atoms with E-state index in [9.17, 15) is 9.59 Å². The minimum atomic E-state index is -0.381. The van der Waals surface area contributed by atoms with E-state index in [0.29, 0.717) is 0 Å². The predicted octanol–water partition coefficient (Wildman–Crippen LogP) is 2.87. The van der Waals surface area contributed by atoms with Crippen molar-refractivity contribution in [2.45, 2.75) is 63.8 Å². The van der Waals surface area contributed by atoms with Crippen LogP contribution in [0.1, 0.15) is 44.6 Å². The molecule has 2 heterocycles. The van der Waals surface area contributed by atoms with E-state index >= 15 is 0 Å². The molecular weight excluding hydrogens is 354 g/mol. The molecule has 28 heavy (non-hydrogen) atoms. The molecule has 152 valence electrons. The third kappa shape index (κ3) is 4.02. The fourth-order valence-electron chi connectivity index (χ4n) is 4.60. The first-order valence-electron chi connectivity index (χ1n) is 10.7. The lowest BCUT2D eigenvalue weighted by Gasteiger charge is -2.43. The summed E-state index contributed by atoms with van der Waals surface area (Å²) < 4.78 is 5.53. The Balaban J connectivity index is 1.33. The zero-order valence-corrected chi connectivity index (χ0v) is 16.8. The van der Waals surface area contributed by atoms with Crippen LogP contribution >= 0.6 is 0 Å². The van der Waals surface area contributed by atoms with Crippen LogP contribution in [0.4, 0.5) is 4.79 Å². The van der Waals surface area contributed by atoms with Crippen molar-refractivity contribution in [1.29, 1.82) is 0 Å². The van der Waals surface area contributed by atoms with E-state index in [-0.39, 0.29) is 30.7 Å². The van der Waals surface area contributed by atoms with Crippen molar-refractivity contribution in [2.75, 3.05) is 26.2 Å². The zero-order chi connectivity index (χ0) is 19.5. The summed E-state index contributed by atoms with van der Waals surface area (Å²) in [4.78, 5) is 32.0. The Morgan fingerprint density at radius 1 is 1.00 bits per heavy atom. The van der Waals surface area contributed by atoms with Gasteiger partial charge in [0.1, 0.15) is 12.6 Å². The maximum Gasteiger partial charge on any atom is 0.411 e. The summed E-state index contributed by atoms with van der Waals surface area (Å²) >= 11 is 0. The second kappa shape index (κ2) is 8.52. The number of piperazine rings is 1. The molecular formula is C22H31N3O3. The van der Waals surface area contributed by atoms with Crippen molar-refractivity contribution in [3.63, 3.8) is 0 Å². The Kier molecular flexibility index (Phi) is 5.85. The lowest BCUT2D eigenvalue weighted by molar-refractivity contribution is -0.138. The molecule has 6 heteroatoms. The standard InChI is InChI=1S/C22H31N3O3/c1-17-10-11-20(25(17)22(27)28-16-18-6-3-2-4-7-18)21(26)24-14-12-23(13-15-24)19-8-5-9-19/h2-4,6-7,17,19-20H,5,8-16H2,1H3/t17?,20-/m0/s1. The second-order valence-corrected chi connectivity index (χ2v) is 8.34. The maximum atomic E-state index is 13.2.